The SMILES string of the molecule is Cc1ccc(S(=O)(=O)N(CC(=O)N[C@H](C)CCc2ccccc2)Cc2ccccc2F)cc1. The summed E-state index contributed by atoms with van der Waals surface area (Å²) in [4.78, 5) is 12.8. The number of amides is 1. The fraction of sp³-hybridized carbons (Fsp3) is 0.269. The minimum atomic E-state index is -4.01. The average Bonchev–Trinajstić information content (AvgIpc) is 2.79. The molecule has 0 aliphatic rings. The summed E-state index contributed by atoms with van der Waals surface area (Å²) >= 11 is 0. The number of carbonyl (C=O) groups excluding carboxylic acids is 1. The van der Waals surface area contributed by atoms with E-state index >= 15 is 0 Å². The second-order valence-electron chi connectivity index (χ2n) is 8.17. The molecule has 0 radical (unpaired) electrons. The van der Waals surface area contributed by atoms with Gasteiger partial charge in [-0.05, 0) is 50.5 Å². The summed E-state index contributed by atoms with van der Waals surface area (Å²) in [6, 6.07) is 22.2. The Hall–Kier alpha value is -3.03. The second kappa shape index (κ2) is 11.2. The molecule has 3 rings (SSSR count). The van der Waals surface area contributed by atoms with Crippen LogP contribution in [0.15, 0.2) is 83.8 Å². The number of halogens is 1. The number of nitrogens with one attached hydrogen (secondary N) is 1. The van der Waals surface area contributed by atoms with Crippen molar-refractivity contribution in [1.82, 2.24) is 9.62 Å². The van der Waals surface area contributed by atoms with Crippen molar-refractivity contribution in [3.05, 3.63) is 101 Å². The molecular formula is C26H29FN2O3S. The van der Waals surface area contributed by atoms with Gasteiger partial charge < -0.3 is 5.32 Å². The Kier molecular flexibility index (Phi) is 8.36. The van der Waals surface area contributed by atoms with E-state index in [9.17, 15) is 17.6 Å². The number of rotatable bonds is 10. The van der Waals surface area contributed by atoms with E-state index in [2.05, 4.69) is 5.32 Å². The topological polar surface area (TPSA) is 66.5 Å². The fourth-order valence-electron chi connectivity index (χ4n) is 3.48. The molecule has 1 N–H and O–H groups in total. The van der Waals surface area contributed by atoms with Crippen LogP contribution in [-0.4, -0.2) is 31.2 Å². The van der Waals surface area contributed by atoms with E-state index in [-0.39, 0.29) is 23.0 Å². The first-order valence-corrected chi connectivity index (χ1v) is 12.3. The van der Waals surface area contributed by atoms with Crippen LogP contribution in [0.1, 0.15) is 30.0 Å². The van der Waals surface area contributed by atoms with E-state index in [4.69, 9.17) is 0 Å². The molecule has 3 aromatic carbocycles. The molecule has 0 fully saturated rings. The smallest absolute Gasteiger partial charge is 0.243 e. The highest BCUT2D eigenvalue weighted by atomic mass is 32.2. The van der Waals surface area contributed by atoms with Crippen LogP contribution in [0.5, 0.6) is 0 Å². The Balaban J connectivity index is 1.73. The molecule has 0 unspecified atom stereocenters. The van der Waals surface area contributed by atoms with Crippen LogP contribution in [0.4, 0.5) is 4.39 Å². The summed E-state index contributed by atoms with van der Waals surface area (Å²) in [5, 5.41) is 2.87. The summed E-state index contributed by atoms with van der Waals surface area (Å²) in [5.41, 5.74) is 2.29. The van der Waals surface area contributed by atoms with Gasteiger partial charge in [0.25, 0.3) is 0 Å². The summed E-state index contributed by atoms with van der Waals surface area (Å²) in [6.45, 7) is 3.10. The van der Waals surface area contributed by atoms with E-state index < -0.39 is 28.3 Å². The van der Waals surface area contributed by atoms with E-state index in [0.29, 0.717) is 6.42 Å². The minimum absolute atomic E-state index is 0.0642. The molecule has 0 saturated carbocycles. The van der Waals surface area contributed by atoms with Gasteiger partial charge in [-0.1, -0.05) is 66.2 Å². The first-order chi connectivity index (χ1) is 15.8. The lowest BCUT2D eigenvalue weighted by Crippen LogP contribution is -2.43. The summed E-state index contributed by atoms with van der Waals surface area (Å²) in [6.07, 6.45) is 1.51. The van der Waals surface area contributed by atoms with Gasteiger partial charge in [0.15, 0.2) is 0 Å². The number of nitrogens with zero attached hydrogens (tertiary/aromatic N) is 1. The molecule has 7 heteroatoms. The highest BCUT2D eigenvalue weighted by Gasteiger charge is 2.28. The standard InChI is InChI=1S/C26H29FN2O3S/c1-20-12-16-24(17-13-20)33(31,32)29(18-23-10-6-7-11-25(23)27)19-26(30)28-21(2)14-15-22-8-4-3-5-9-22/h3-13,16-17,21H,14-15,18-19H2,1-2H3,(H,28,30)/t21-/m1/s1. The molecule has 33 heavy (non-hydrogen) atoms. The summed E-state index contributed by atoms with van der Waals surface area (Å²) < 4.78 is 41.9. The van der Waals surface area contributed by atoms with Crippen molar-refractivity contribution < 1.29 is 17.6 Å². The minimum Gasteiger partial charge on any atom is -0.352 e. The number of carbonyl (C=O) groups is 1. The number of benzene rings is 3. The zero-order valence-electron chi connectivity index (χ0n) is 18.9. The second-order valence-corrected chi connectivity index (χ2v) is 10.1. The Morgan fingerprint density at radius 1 is 0.970 bits per heavy atom. The van der Waals surface area contributed by atoms with Gasteiger partial charge in [0.2, 0.25) is 15.9 Å². The van der Waals surface area contributed by atoms with Crippen LogP contribution in [0.3, 0.4) is 0 Å². The zero-order chi connectivity index (χ0) is 23.8. The highest BCUT2D eigenvalue weighted by Crippen LogP contribution is 2.20. The van der Waals surface area contributed by atoms with Crippen molar-refractivity contribution in [1.29, 1.82) is 0 Å². The first-order valence-electron chi connectivity index (χ1n) is 10.9. The maximum absolute atomic E-state index is 14.3. The predicted molar refractivity (Wildman–Crippen MR) is 128 cm³/mol. The zero-order valence-corrected chi connectivity index (χ0v) is 19.7. The van der Waals surface area contributed by atoms with Crippen LogP contribution in [0, 0.1) is 12.7 Å². The molecule has 0 bridgehead atoms. The van der Waals surface area contributed by atoms with E-state index in [0.717, 1.165) is 16.3 Å². The van der Waals surface area contributed by atoms with Crippen LogP contribution in [-0.2, 0) is 27.8 Å². The Morgan fingerprint density at radius 3 is 2.27 bits per heavy atom. The van der Waals surface area contributed by atoms with Crippen molar-refractivity contribution in [2.45, 2.75) is 44.2 Å². The molecule has 0 aromatic heterocycles. The molecule has 0 saturated heterocycles. The monoisotopic (exact) mass is 468 g/mol. The Bertz CT molecular complexity index is 1170. The van der Waals surface area contributed by atoms with Gasteiger partial charge in [0.05, 0.1) is 11.4 Å². The van der Waals surface area contributed by atoms with Gasteiger partial charge in [-0.2, -0.15) is 4.31 Å². The van der Waals surface area contributed by atoms with Gasteiger partial charge in [-0.25, -0.2) is 12.8 Å². The lowest BCUT2D eigenvalue weighted by Gasteiger charge is -2.23. The number of sulfonamides is 1. The van der Waals surface area contributed by atoms with Crippen molar-refractivity contribution in [2.24, 2.45) is 0 Å². The third-order valence-electron chi connectivity index (χ3n) is 5.40. The highest BCUT2D eigenvalue weighted by molar-refractivity contribution is 7.89. The van der Waals surface area contributed by atoms with Gasteiger partial charge in [0.1, 0.15) is 5.82 Å². The summed E-state index contributed by atoms with van der Waals surface area (Å²) in [7, 11) is -4.01. The maximum Gasteiger partial charge on any atom is 0.243 e. The predicted octanol–water partition coefficient (Wildman–Crippen LogP) is 4.46. The Labute approximate surface area is 195 Å². The normalized spacial score (nSPS) is 12.5. The molecule has 0 spiro atoms. The first kappa shape index (κ1) is 24.6. The molecule has 1 atom stereocenters. The van der Waals surface area contributed by atoms with E-state index in [1.54, 1.807) is 24.3 Å². The van der Waals surface area contributed by atoms with Crippen LogP contribution in [0.2, 0.25) is 0 Å². The van der Waals surface area contributed by atoms with Gasteiger partial charge in [-0.15, -0.1) is 0 Å². The van der Waals surface area contributed by atoms with E-state index in [1.807, 2.05) is 44.2 Å². The molecule has 0 aliphatic carbocycles. The van der Waals surface area contributed by atoms with E-state index in [1.165, 1.54) is 29.8 Å². The van der Waals surface area contributed by atoms with Gasteiger partial charge in [0, 0.05) is 18.2 Å². The molecule has 0 aliphatic heterocycles. The van der Waals surface area contributed by atoms with Crippen molar-refractivity contribution >= 4 is 15.9 Å². The third kappa shape index (κ3) is 6.97. The van der Waals surface area contributed by atoms with Crippen molar-refractivity contribution in [3.63, 3.8) is 0 Å². The maximum atomic E-state index is 14.3. The molecule has 3 aromatic rings. The quantitative estimate of drug-likeness (QED) is 0.478. The van der Waals surface area contributed by atoms with Crippen molar-refractivity contribution in [2.75, 3.05) is 6.54 Å². The molecule has 0 heterocycles. The average molecular weight is 469 g/mol. The number of hydrogen-bond acceptors (Lipinski definition) is 3. The lowest BCUT2D eigenvalue weighted by molar-refractivity contribution is -0.122. The molecular weight excluding hydrogens is 439 g/mol. The summed E-state index contributed by atoms with van der Waals surface area (Å²) in [5.74, 6) is -0.944. The number of aryl methyl sites for hydroxylation is 2. The fourth-order valence-corrected chi connectivity index (χ4v) is 4.86. The molecule has 1 amide bonds. The van der Waals surface area contributed by atoms with Crippen LogP contribution in [0.25, 0.3) is 0 Å². The molecule has 5 nitrogen and oxygen atoms in total. The Morgan fingerprint density at radius 2 is 1.61 bits per heavy atom. The molecule has 174 valence electrons. The number of hydrogen-bond donors (Lipinski definition) is 1. The van der Waals surface area contributed by atoms with Crippen LogP contribution < -0.4 is 5.32 Å². The van der Waals surface area contributed by atoms with Gasteiger partial charge >= 0.3 is 0 Å². The van der Waals surface area contributed by atoms with Crippen molar-refractivity contribution in [3.8, 4) is 0 Å². The lowest BCUT2D eigenvalue weighted by atomic mass is 10.1. The van der Waals surface area contributed by atoms with Crippen LogP contribution >= 0.6 is 0 Å². The van der Waals surface area contributed by atoms with Gasteiger partial charge in [-0.3, -0.25) is 4.79 Å². The largest absolute Gasteiger partial charge is 0.352 e. The third-order valence-corrected chi connectivity index (χ3v) is 7.21.